The highest BCUT2D eigenvalue weighted by molar-refractivity contribution is 7.80. The molecule has 1 unspecified atom stereocenters. The predicted octanol–water partition coefficient (Wildman–Crippen LogP) is 1.39. The van der Waals surface area contributed by atoms with Gasteiger partial charge in [-0.2, -0.15) is 0 Å². The molecule has 1 aliphatic rings. The van der Waals surface area contributed by atoms with Crippen LogP contribution in [0.4, 0.5) is 0 Å². The van der Waals surface area contributed by atoms with E-state index in [4.69, 9.17) is 18.0 Å². The molecule has 0 saturated carbocycles. The quantitative estimate of drug-likeness (QED) is 0.675. The zero-order valence-electron chi connectivity index (χ0n) is 7.75. The van der Waals surface area contributed by atoms with Crippen LogP contribution in [0.3, 0.4) is 0 Å². The maximum absolute atomic E-state index is 5.45. The van der Waals surface area contributed by atoms with E-state index in [2.05, 4.69) is 11.8 Å². The smallest absolute Gasteiger partial charge is 0.0740 e. The zero-order chi connectivity index (χ0) is 8.97. The number of piperidine rings is 1. The van der Waals surface area contributed by atoms with Gasteiger partial charge in [0.25, 0.3) is 0 Å². The monoisotopic (exact) mass is 186 g/mol. The second-order valence-electron chi connectivity index (χ2n) is 3.76. The molecule has 0 bridgehead atoms. The van der Waals surface area contributed by atoms with Crippen LogP contribution in [-0.4, -0.2) is 29.5 Å². The number of rotatable bonds is 3. The van der Waals surface area contributed by atoms with Crippen LogP contribution in [0.2, 0.25) is 0 Å². The van der Waals surface area contributed by atoms with Crippen molar-refractivity contribution in [2.75, 3.05) is 19.6 Å². The Kier molecular flexibility index (Phi) is 3.95. The zero-order valence-corrected chi connectivity index (χ0v) is 8.57. The van der Waals surface area contributed by atoms with E-state index in [1.807, 2.05) is 0 Å². The number of hydrogen-bond acceptors (Lipinski definition) is 2. The minimum atomic E-state index is 0.647. The lowest BCUT2D eigenvalue weighted by Gasteiger charge is -2.30. The van der Waals surface area contributed by atoms with E-state index in [1.165, 1.54) is 25.9 Å². The van der Waals surface area contributed by atoms with Gasteiger partial charge >= 0.3 is 0 Å². The van der Waals surface area contributed by atoms with Gasteiger partial charge in [0.1, 0.15) is 0 Å². The van der Waals surface area contributed by atoms with Gasteiger partial charge in [0.05, 0.1) is 4.99 Å². The van der Waals surface area contributed by atoms with Crippen molar-refractivity contribution in [1.82, 2.24) is 4.90 Å². The largest absolute Gasteiger partial charge is 0.393 e. The molecular weight excluding hydrogens is 168 g/mol. The van der Waals surface area contributed by atoms with Crippen molar-refractivity contribution in [3.05, 3.63) is 0 Å². The first kappa shape index (κ1) is 9.93. The highest BCUT2D eigenvalue weighted by atomic mass is 32.1. The van der Waals surface area contributed by atoms with Crippen LogP contribution >= 0.6 is 12.2 Å². The molecule has 0 spiro atoms. The number of likely N-dealkylation sites (tertiary alicyclic amines) is 1. The van der Waals surface area contributed by atoms with Gasteiger partial charge in [0.2, 0.25) is 0 Å². The third kappa shape index (κ3) is 3.50. The van der Waals surface area contributed by atoms with E-state index >= 15 is 0 Å². The molecule has 0 aliphatic carbocycles. The van der Waals surface area contributed by atoms with Crippen molar-refractivity contribution >= 4 is 17.2 Å². The maximum atomic E-state index is 5.45. The molecule has 1 fully saturated rings. The summed E-state index contributed by atoms with van der Waals surface area (Å²) < 4.78 is 0. The Morgan fingerprint density at radius 3 is 3.00 bits per heavy atom. The van der Waals surface area contributed by atoms with Gasteiger partial charge in [-0.3, -0.25) is 0 Å². The normalized spacial score (nSPS) is 25.6. The van der Waals surface area contributed by atoms with E-state index < -0.39 is 0 Å². The van der Waals surface area contributed by atoms with Crippen LogP contribution in [0.5, 0.6) is 0 Å². The molecule has 2 N–H and O–H groups in total. The molecule has 1 rings (SSSR count). The van der Waals surface area contributed by atoms with E-state index in [0.29, 0.717) is 4.99 Å². The Balaban J connectivity index is 2.18. The molecule has 0 aromatic heterocycles. The second-order valence-corrected chi connectivity index (χ2v) is 4.29. The fourth-order valence-corrected chi connectivity index (χ4v) is 1.85. The predicted molar refractivity (Wildman–Crippen MR) is 56.2 cm³/mol. The summed E-state index contributed by atoms with van der Waals surface area (Å²) in [6.07, 6.45) is 3.59. The summed E-state index contributed by atoms with van der Waals surface area (Å²) in [4.78, 5) is 3.11. The van der Waals surface area contributed by atoms with E-state index in [-0.39, 0.29) is 0 Å². The fraction of sp³-hybridized carbons (Fsp3) is 0.889. The average molecular weight is 186 g/mol. The van der Waals surface area contributed by atoms with E-state index in [0.717, 1.165) is 18.9 Å². The maximum Gasteiger partial charge on any atom is 0.0740 e. The van der Waals surface area contributed by atoms with Crippen molar-refractivity contribution in [2.24, 2.45) is 11.7 Å². The summed E-state index contributed by atoms with van der Waals surface area (Å²) in [6.45, 7) is 5.82. The number of nitrogens with two attached hydrogens (primary N) is 1. The summed E-state index contributed by atoms with van der Waals surface area (Å²) in [5.74, 6) is 0.852. The van der Waals surface area contributed by atoms with Gasteiger partial charge in [0, 0.05) is 19.5 Å². The average Bonchev–Trinajstić information content (AvgIpc) is 2.01. The van der Waals surface area contributed by atoms with Crippen LogP contribution in [0.25, 0.3) is 0 Å². The molecule has 1 aliphatic heterocycles. The molecular formula is C9H18N2S. The molecule has 12 heavy (non-hydrogen) atoms. The highest BCUT2D eigenvalue weighted by Crippen LogP contribution is 2.15. The van der Waals surface area contributed by atoms with Crippen molar-refractivity contribution in [3.63, 3.8) is 0 Å². The third-order valence-corrected chi connectivity index (χ3v) is 2.62. The van der Waals surface area contributed by atoms with Crippen LogP contribution in [-0.2, 0) is 0 Å². The molecule has 0 aromatic carbocycles. The number of nitrogens with zero attached hydrogens (tertiary/aromatic N) is 1. The molecule has 0 radical (unpaired) electrons. The van der Waals surface area contributed by atoms with Gasteiger partial charge in [-0.05, 0) is 25.3 Å². The molecule has 1 saturated heterocycles. The lowest BCUT2D eigenvalue weighted by Crippen LogP contribution is -2.36. The van der Waals surface area contributed by atoms with Crippen LogP contribution in [0, 0.1) is 5.92 Å². The Morgan fingerprint density at radius 2 is 2.42 bits per heavy atom. The summed E-state index contributed by atoms with van der Waals surface area (Å²) in [7, 11) is 0. The van der Waals surface area contributed by atoms with Gasteiger partial charge in [-0.1, -0.05) is 19.1 Å². The first-order valence-electron chi connectivity index (χ1n) is 4.69. The lowest BCUT2D eigenvalue weighted by molar-refractivity contribution is 0.188. The fourth-order valence-electron chi connectivity index (χ4n) is 1.76. The first-order valence-corrected chi connectivity index (χ1v) is 5.10. The van der Waals surface area contributed by atoms with E-state index in [9.17, 15) is 0 Å². The Hall–Kier alpha value is -0.150. The third-order valence-electron chi connectivity index (χ3n) is 2.42. The molecule has 1 atom stereocenters. The highest BCUT2D eigenvalue weighted by Gasteiger charge is 2.15. The number of thiocarbonyl (C=S) groups is 1. The summed E-state index contributed by atoms with van der Waals surface area (Å²) in [5, 5.41) is 0. The van der Waals surface area contributed by atoms with Crippen molar-refractivity contribution in [2.45, 2.75) is 26.2 Å². The Labute approximate surface area is 80.1 Å². The molecule has 70 valence electrons. The summed E-state index contributed by atoms with van der Waals surface area (Å²) in [6, 6.07) is 0. The minimum Gasteiger partial charge on any atom is -0.393 e. The summed E-state index contributed by atoms with van der Waals surface area (Å²) in [5.41, 5.74) is 5.45. The minimum absolute atomic E-state index is 0.647. The van der Waals surface area contributed by atoms with Crippen molar-refractivity contribution < 1.29 is 0 Å². The van der Waals surface area contributed by atoms with Gasteiger partial charge < -0.3 is 10.6 Å². The Bertz CT molecular complexity index is 159. The molecule has 1 heterocycles. The molecule has 0 amide bonds. The van der Waals surface area contributed by atoms with Crippen molar-refractivity contribution in [3.8, 4) is 0 Å². The summed E-state index contributed by atoms with van der Waals surface area (Å²) >= 11 is 4.84. The molecule has 2 nitrogen and oxygen atoms in total. The first-order chi connectivity index (χ1) is 5.68. The molecule has 0 aromatic rings. The van der Waals surface area contributed by atoms with Gasteiger partial charge in [0.15, 0.2) is 0 Å². The van der Waals surface area contributed by atoms with E-state index in [1.54, 1.807) is 0 Å². The number of hydrogen-bond donors (Lipinski definition) is 1. The standard InChI is InChI=1S/C9H18N2S/c1-8-3-2-5-11(7-8)6-4-9(10)12/h8H,2-7H2,1H3,(H2,10,12). The van der Waals surface area contributed by atoms with Crippen LogP contribution < -0.4 is 5.73 Å². The van der Waals surface area contributed by atoms with Crippen LogP contribution in [0.15, 0.2) is 0 Å². The van der Waals surface area contributed by atoms with Crippen molar-refractivity contribution in [1.29, 1.82) is 0 Å². The van der Waals surface area contributed by atoms with Crippen LogP contribution in [0.1, 0.15) is 26.2 Å². The lowest BCUT2D eigenvalue weighted by atomic mass is 10.0. The second kappa shape index (κ2) is 4.77. The van der Waals surface area contributed by atoms with Gasteiger partial charge in [-0.15, -0.1) is 0 Å². The SMILES string of the molecule is CC1CCCN(CCC(N)=S)C1. The topological polar surface area (TPSA) is 29.3 Å². The Morgan fingerprint density at radius 1 is 1.67 bits per heavy atom. The van der Waals surface area contributed by atoms with Gasteiger partial charge in [-0.25, -0.2) is 0 Å². The molecule has 3 heteroatoms.